The molecular formula is C19H26N2O3. The van der Waals surface area contributed by atoms with Crippen LogP contribution in [0.4, 0.5) is 0 Å². The van der Waals surface area contributed by atoms with Crippen molar-refractivity contribution in [2.45, 2.75) is 52.1 Å². The van der Waals surface area contributed by atoms with E-state index >= 15 is 0 Å². The van der Waals surface area contributed by atoms with Crippen LogP contribution >= 0.6 is 0 Å². The van der Waals surface area contributed by atoms with Crippen molar-refractivity contribution >= 4 is 0 Å². The number of aromatic hydroxyl groups is 1. The molecule has 1 aliphatic rings. The summed E-state index contributed by atoms with van der Waals surface area (Å²) in [5.74, 6) is 1.70. The van der Waals surface area contributed by atoms with Crippen molar-refractivity contribution in [3.05, 3.63) is 41.3 Å². The average molecular weight is 330 g/mol. The molecule has 0 spiro atoms. The van der Waals surface area contributed by atoms with Crippen molar-refractivity contribution in [3.8, 4) is 11.5 Å². The van der Waals surface area contributed by atoms with Crippen molar-refractivity contribution in [1.82, 2.24) is 10.1 Å². The first-order valence-electron chi connectivity index (χ1n) is 8.79. The summed E-state index contributed by atoms with van der Waals surface area (Å²) in [5.41, 5.74) is 2.07. The zero-order valence-electron chi connectivity index (χ0n) is 14.5. The molecule has 5 nitrogen and oxygen atoms in total. The molecule has 130 valence electrons. The molecule has 2 aromatic rings. The van der Waals surface area contributed by atoms with Crippen LogP contribution < -0.4 is 4.74 Å². The van der Waals surface area contributed by atoms with Gasteiger partial charge in [-0.25, -0.2) is 0 Å². The smallest absolute Gasteiger partial charge is 0.161 e. The molecule has 0 saturated carbocycles. The van der Waals surface area contributed by atoms with Crippen LogP contribution in [0.25, 0.3) is 0 Å². The largest absolute Gasteiger partial charge is 0.504 e. The van der Waals surface area contributed by atoms with E-state index in [0.717, 1.165) is 36.5 Å². The van der Waals surface area contributed by atoms with E-state index in [-0.39, 0.29) is 11.8 Å². The third-order valence-electron chi connectivity index (χ3n) is 4.55. The Kier molecular flexibility index (Phi) is 5.41. The van der Waals surface area contributed by atoms with E-state index in [1.54, 1.807) is 6.07 Å². The maximum absolute atomic E-state index is 9.89. The predicted octanol–water partition coefficient (Wildman–Crippen LogP) is 4.20. The van der Waals surface area contributed by atoms with Gasteiger partial charge >= 0.3 is 0 Å². The first-order valence-corrected chi connectivity index (χ1v) is 8.79. The molecule has 5 heteroatoms. The van der Waals surface area contributed by atoms with E-state index in [4.69, 9.17) is 9.26 Å². The van der Waals surface area contributed by atoms with Crippen LogP contribution in [0.3, 0.4) is 0 Å². The number of hydrogen-bond acceptors (Lipinski definition) is 5. The monoisotopic (exact) mass is 330 g/mol. The molecular weight excluding hydrogens is 304 g/mol. The van der Waals surface area contributed by atoms with Crippen LogP contribution in [0.5, 0.6) is 11.5 Å². The third kappa shape index (κ3) is 3.90. The SMILES string of the molecule is CCOc1cc(CN2CCCCC[C@@H]2c2cc(C)no2)ccc1O. The van der Waals surface area contributed by atoms with E-state index in [1.165, 1.54) is 19.3 Å². The van der Waals surface area contributed by atoms with E-state index in [1.807, 2.05) is 32.0 Å². The number of hydrogen-bond donors (Lipinski definition) is 1. The maximum Gasteiger partial charge on any atom is 0.161 e. The number of nitrogens with zero attached hydrogens (tertiary/aromatic N) is 2. The summed E-state index contributed by atoms with van der Waals surface area (Å²) >= 11 is 0. The summed E-state index contributed by atoms with van der Waals surface area (Å²) < 4.78 is 11.1. The lowest BCUT2D eigenvalue weighted by molar-refractivity contribution is 0.160. The number of phenolic OH excluding ortho intramolecular Hbond substituents is 1. The molecule has 0 amide bonds. The van der Waals surface area contributed by atoms with Gasteiger partial charge in [-0.05, 0) is 50.9 Å². The molecule has 0 bridgehead atoms. The number of aryl methyl sites for hydroxylation is 1. The molecule has 3 rings (SSSR count). The van der Waals surface area contributed by atoms with Crippen LogP contribution in [-0.4, -0.2) is 28.3 Å². The van der Waals surface area contributed by atoms with Crippen LogP contribution in [0.15, 0.2) is 28.8 Å². The van der Waals surface area contributed by atoms with Crippen molar-refractivity contribution in [2.75, 3.05) is 13.2 Å². The topological polar surface area (TPSA) is 58.7 Å². The van der Waals surface area contributed by atoms with Crippen LogP contribution in [-0.2, 0) is 6.54 Å². The fourth-order valence-electron chi connectivity index (χ4n) is 3.38. The van der Waals surface area contributed by atoms with Gasteiger partial charge in [0.2, 0.25) is 0 Å². The van der Waals surface area contributed by atoms with Gasteiger partial charge in [0, 0.05) is 12.6 Å². The normalized spacial score (nSPS) is 19.2. The van der Waals surface area contributed by atoms with E-state index in [2.05, 4.69) is 10.1 Å². The molecule has 1 aromatic carbocycles. The summed E-state index contributed by atoms with van der Waals surface area (Å²) in [4.78, 5) is 2.45. The Balaban J connectivity index is 1.81. The van der Waals surface area contributed by atoms with Gasteiger partial charge in [-0.2, -0.15) is 0 Å². The summed E-state index contributed by atoms with van der Waals surface area (Å²) in [5, 5.41) is 13.9. The van der Waals surface area contributed by atoms with Crippen LogP contribution in [0.1, 0.15) is 55.7 Å². The zero-order chi connectivity index (χ0) is 16.9. The first kappa shape index (κ1) is 16.8. The first-order chi connectivity index (χ1) is 11.7. The lowest BCUT2D eigenvalue weighted by Gasteiger charge is -2.28. The Morgan fingerprint density at radius 2 is 2.17 bits per heavy atom. The van der Waals surface area contributed by atoms with Gasteiger partial charge in [-0.1, -0.05) is 24.1 Å². The number of rotatable bonds is 5. The molecule has 0 unspecified atom stereocenters. The number of ether oxygens (including phenoxy) is 1. The van der Waals surface area contributed by atoms with E-state index in [0.29, 0.717) is 12.4 Å². The van der Waals surface area contributed by atoms with Gasteiger partial charge in [0.05, 0.1) is 18.3 Å². The van der Waals surface area contributed by atoms with Crippen molar-refractivity contribution in [3.63, 3.8) is 0 Å². The molecule has 1 N–H and O–H groups in total. The van der Waals surface area contributed by atoms with Crippen molar-refractivity contribution in [1.29, 1.82) is 0 Å². The highest BCUT2D eigenvalue weighted by atomic mass is 16.5. The molecule has 0 aliphatic carbocycles. The highest BCUT2D eigenvalue weighted by Gasteiger charge is 2.26. The van der Waals surface area contributed by atoms with Gasteiger partial charge in [0.15, 0.2) is 17.3 Å². The summed E-state index contributed by atoms with van der Waals surface area (Å²) in [6.07, 6.45) is 4.74. The standard InChI is InChI=1S/C19H26N2O3/c1-3-23-19-12-15(8-9-17(19)22)13-21-10-6-4-5-7-16(21)18-11-14(2)20-24-18/h8-9,11-12,16,22H,3-7,10,13H2,1-2H3/t16-/m1/s1. The van der Waals surface area contributed by atoms with E-state index in [9.17, 15) is 5.11 Å². The second-order valence-electron chi connectivity index (χ2n) is 6.44. The molecule has 1 atom stereocenters. The van der Waals surface area contributed by atoms with Crippen LogP contribution in [0.2, 0.25) is 0 Å². The third-order valence-corrected chi connectivity index (χ3v) is 4.55. The van der Waals surface area contributed by atoms with Gasteiger partial charge in [-0.15, -0.1) is 0 Å². The average Bonchev–Trinajstić information content (AvgIpc) is 2.86. The Labute approximate surface area is 143 Å². The second kappa shape index (κ2) is 7.71. The Morgan fingerprint density at radius 1 is 1.29 bits per heavy atom. The molecule has 0 radical (unpaired) electrons. The number of likely N-dealkylation sites (tertiary alicyclic amines) is 1. The fraction of sp³-hybridized carbons (Fsp3) is 0.526. The lowest BCUT2D eigenvalue weighted by Crippen LogP contribution is -2.28. The van der Waals surface area contributed by atoms with Crippen LogP contribution in [0, 0.1) is 6.92 Å². The maximum atomic E-state index is 9.89. The molecule has 1 saturated heterocycles. The minimum Gasteiger partial charge on any atom is -0.504 e. The zero-order valence-corrected chi connectivity index (χ0v) is 14.5. The minimum atomic E-state index is 0.193. The Bertz CT molecular complexity index is 668. The number of aromatic nitrogens is 1. The molecule has 24 heavy (non-hydrogen) atoms. The van der Waals surface area contributed by atoms with Gasteiger partial charge < -0.3 is 14.4 Å². The van der Waals surface area contributed by atoms with Gasteiger partial charge in [0.1, 0.15) is 0 Å². The summed E-state index contributed by atoms with van der Waals surface area (Å²) in [7, 11) is 0. The van der Waals surface area contributed by atoms with Crippen molar-refractivity contribution in [2.24, 2.45) is 0 Å². The quantitative estimate of drug-likeness (QED) is 0.890. The molecule has 1 aliphatic heterocycles. The van der Waals surface area contributed by atoms with Gasteiger partial charge in [0.25, 0.3) is 0 Å². The van der Waals surface area contributed by atoms with Gasteiger partial charge in [-0.3, -0.25) is 4.90 Å². The number of benzene rings is 1. The number of phenols is 1. The summed E-state index contributed by atoms with van der Waals surface area (Å²) in [6, 6.07) is 7.92. The predicted molar refractivity (Wildman–Crippen MR) is 92.1 cm³/mol. The van der Waals surface area contributed by atoms with E-state index < -0.39 is 0 Å². The highest BCUT2D eigenvalue weighted by Crippen LogP contribution is 2.33. The molecule has 1 fully saturated rings. The van der Waals surface area contributed by atoms with Crippen molar-refractivity contribution < 1.29 is 14.4 Å². The lowest BCUT2D eigenvalue weighted by atomic mass is 10.1. The Morgan fingerprint density at radius 3 is 2.92 bits per heavy atom. The Hall–Kier alpha value is -2.01. The molecule has 2 heterocycles. The minimum absolute atomic E-state index is 0.193. The second-order valence-corrected chi connectivity index (χ2v) is 6.44. The summed E-state index contributed by atoms with van der Waals surface area (Å²) in [6.45, 7) is 6.27. The highest BCUT2D eigenvalue weighted by molar-refractivity contribution is 5.41. The fourth-order valence-corrected chi connectivity index (χ4v) is 3.38. The molecule has 1 aromatic heterocycles.